The Morgan fingerprint density at radius 3 is 2.44 bits per heavy atom. The number of nitrogens with one attached hydrogen (secondary N) is 1. The van der Waals surface area contributed by atoms with Crippen LogP contribution in [0.5, 0.6) is 11.5 Å². The van der Waals surface area contributed by atoms with Crippen LogP contribution in [0, 0.1) is 0 Å². The van der Waals surface area contributed by atoms with E-state index in [1.165, 1.54) is 11.8 Å². The van der Waals surface area contributed by atoms with Crippen molar-refractivity contribution in [3.63, 3.8) is 0 Å². The first-order valence-electron chi connectivity index (χ1n) is 10.4. The SMILES string of the molecule is COc1ccc(-n2c(SCC(=O)N/N=C\c3ccccc3OC)nnc2-c2ccccc2)cc1. The highest BCUT2D eigenvalue weighted by atomic mass is 32.2. The number of hydrazone groups is 1. The molecule has 1 amide bonds. The molecular weight excluding hydrogens is 450 g/mol. The van der Waals surface area contributed by atoms with E-state index in [1.54, 1.807) is 20.4 Å². The molecule has 8 nitrogen and oxygen atoms in total. The predicted octanol–water partition coefficient (Wildman–Crippen LogP) is 4.19. The zero-order chi connectivity index (χ0) is 23.8. The smallest absolute Gasteiger partial charge is 0.250 e. The van der Waals surface area contributed by atoms with Crippen LogP contribution in [-0.4, -0.2) is 46.9 Å². The van der Waals surface area contributed by atoms with Crippen LogP contribution in [-0.2, 0) is 4.79 Å². The van der Waals surface area contributed by atoms with Gasteiger partial charge in [0.05, 0.1) is 26.2 Å². The molecule has 0 aliphatic rings. The highest BCUT2D eigenvalue weighted by Crippen LogP contribution is 2.28. The number of carbonyl (C=O) groups is 1. The maximum atomic E-state index is 12.4. The van der Waals surface area contributed by atoms with E-state index < -0.39 is 0 Å². The van der Waals surface area contributed by atoms with E-state index in [0.717, 1.165) is 22.6 Å². The van der Waals surface area contributed by atoms with E-state index in [4.69, 9.17) is 9.47 Å². The van der Waals surface area contributed by atoms with E-state index >= 15 is 0 Å². The number of benzene rings is 3. The Hall–Kier alpha value is -4.11. The Bertz CT molecular complexity index is 1270. The minimum absolute atomic E-state index is 0.117. The average Bonchev–Trinajstić information content (AvgIpc) is 3.32. The largest absolute Gasteiger partial charge is 0.497 e. The first-order valence-corrected chi connectivity index (χ1v) is 11.4. The standard InChI is InChI=1S/C25H23N5O3S/c1-32-21-14-12-20(13-15-21)30-24(18-8-4-3-5-9-18)28-29-25(30)34-17-23(31)27-26-16-19-10-6-7-11-22(19)33-2/h3-16H,17H2,1-2H3,(H,27,31)/b26-16-. The summed E-state index contributed by atoms with van der Waals surface area (Å²) in [5, 5.41) is 13.4. The van der Waals surface area contributed by atoms with Crippen molar-refractivity contribution in [3.8, 4) is 28.6 Å². The topological polar surface area (TPSA) is 90.6 Å². The van der Waals surface area contributed by atoms with Crippen molar-refractivity contribution in [1.82, 2.24) is 20.2 Å². The number of para-hydroxylation sites is 1. The summed E-state index contributed by atoms with van der Waals surface area (Å²) in [5.41, 5.74) is 5.10. The normalized spacial score (nSPS) is 10.9. The number of ether oxygens (including phenoxy) is 2. The third-order valence-corrected chi connectivity index (χ3v) is 5.79. The monoisotopic (exact) mass is 473 g/mol. The first kappa shape index (κ1) is 23.1. The van der Waals surface area contributed by atoms with Gasteiger partial charge < -0.3 is 9.47 Å². The summed E-state index contributed by atoms with van der Waals surface area (Å²) < 4.78 is 12.5. The number of thioether (sulfide) groups is 1. The van der Waals surface area contributed by atoms with E-state index in [-0.39, 0.29) is 11.7 Å². The molecule has 0 unspecified atom stereocenters. The Kier molecular flexibility index (Phi) is 7.56. The number of amides is 1. The lowest BCUT2D eigenvalue weighted by atomic mass is 10.2. The van der Waals surface area contributed by atoms with Crippen LogP contribution in [0.3, 0.4) is 0 Å². The average molecular weight is 474 g/mol. The fraction of sp³-hybridized carbons (Fsp3) is 0.120. The Morgan fingerprint density at radius 1 is 0.971 bits per heavy atom. The quantitative estimate of drug-likeness (QED) is 0.223. The van der Waals surface area contributed by atoms with Crippen molar-refractivity contribution in [3.05, 3.63) is 84.4 Å². The molecule has 172 valence electrons. The molecule has 0 saturated carbocycles. The molecule has 1 N–H and O–H groups in total. The number of rotatable bonds is 9. The van der Waals surface area contributed by atoms with E-state index in [9.17, 15) is 4.79 Å². The zero-order valence-corrected chi connectivity index (χ0v) is 19.5. The zero-order valence-electron chi connectivity index (χ0n) is 18.7. The summed E-state index contributed by atoms with van der Waals surface area (Å²) in [7, 11) is 3.21. The molecule has 1 aromatic heterocycles. The lowest BCUT2D eigenvalue weighted by Gasteiger charge is -2.11. The summed E-state index contributed by atoms with van der Waals surface area (Å²) in [4.78, 5) is 12.4. The van der Waals surface area contributed by atoms with Crippen molar-refractivity contribution in [2.75, 3.05) is 20.0 Å². The van der Waals surface area contributed by atoms with Gasteiger partial charge in [-0.3, -0.25) is 9.36 Å². The second-order valence-electron chi connectivity index (χ2n) is 7.03. The number of methoxy groups -OCH3 is 2. The molecule has 0 atom stereocenters. The molecule has 4 aromatic rings. The number of carbonyl (C=O) groups excluding carboxylic acids is 1. The summed E-state index contributed by atoms with van der Waals surface area (Å²) in [5.74, 6) is 1.96. The number of nitrogens with zero attached hydrogens (tertiary/aromatic N) is 4. The molecule has 0 fully saturated rings. The molecule has 4 rings (SSSR count). The van der Waals surface area contributed by atoms with Crippen LogP contribution in [0.2, 0.25) is 0 Å². The highest BCUT2D eigenvalue weighted by Gasteiger charge is 2.17. The maximum absolute atomic E-state index is 12.4. The Morgan fingerprint density at radius 2 is 1.71 bits per heavy atom. The lowest BCUT2D eigenvalue weighted by molar-refractivity contribution is -0.118. The van der Waals surface area contributed by atoms with Gasteiger partial charge in [0.2, 0.25) is 0 Å². The fourth-order valence-corrected chi connectivity index (χ4v) is 3.96. The van der Waals surface area contributed by atoms with Crippen molar-refractivity contribution >= 4 is 23.9 Å². The molecular formula is C25H23N5O3S. The molecule has 0 aliphatic carbocycles. The second kappa shape index (κ2) is 11.2. The Balaban J connectivity index is 1.50. The summed E-state index contributed by atoms with van der Waals surface area (Å²) in [6.45, 7) is 0. The van der Waals surface area contributed by atoms with Crippen molar-refractivity contribution in [2.45, 2.75) is 5.16 Å². The van der Waals surface area contributed by atoms with Gasteiger partial charge >= 0.3 is 0 Å². The van der Waals surface area contributed by atoms with Crippen LogP contribution in [0.1, 0.15) is 5.56 Å². The number of aromatic nitrogens is 3. The molecule has 9 heteroatoms. The van der Waals surface area contributed by atoms with Gasteiger partial charge in [-0.05, 0) is 36.4 Å². The fourth-order valence-electron chi connectivity index (χ4n) is 3.21. The molecule has 1 heterocycles. The molecule has 34 heavy (non-hydrogen) atoms. The molecule has 0 radical (unpaired) electrons. The first-order chi connectivity index (χ1) is 16.7. The van der Waals surface area contributed by atoms with E-state index in [0.29, 0.717) is 16.7 Å². The molecule has 0 aliphatic heterocycles. The highest BCUT2D eigenvalue weighted by molar-refractivity contribution is 7.99. The third-order valence-electron chi connectivity index (χ3n) is 4.86. The van der Waals surface area contributed by atoms with Gasteiger partial charge in [0.1, 0.15) is 11.5 Å². The third kappa shape index (κ3) is 5.44. The molecule has 3 aromatic carbocycles. The minimum Gasteiger partial charge on any atom is -0.497 e. The number of hydrogen-bond acceptors (Lipinski definition) is 7. The van der Waals surface area contributed by atoms with Crippen LogP contribution in [0.25, 0.3) is 17.1 Å². The van der Waals surface area contributed by atoms with Crippen LogP contribution in [0.4, 0.5) is 0 Å². The number of hydrogen-bond donors (Lipinski definition) is 1. The minimum atomic E-state index is -0.262. The maximum Gasteiger partial charge on any atom is 0.250 e. The summed E-state index contributed by atoms with van der Waals surface area (Å²) in [6, 6.07) is 24.8. The van der Waals surface area contributed by atoms with Crippen molar-refractivity contribution in [1.29, 1.82) is 0 Å². The van der Waals surface area contributed by atoms with E-state index in [2.05, 4.69) is 20.7 Å². The van der Waals surface area contributed by atoms with Crippen LogP contribution >= 0.6 is 11.8 Å². The van der Waals surface area contributed by atoms with Crippen LogP contribution < -0.4 is 14.9 Å². The van der Waals surface area contributed by atoms with Crippen LogP contribution in [0.15, 0.2) is 89.1 Å². The van der Waals surface area contributed by atoms with Gasteiger partial charge in [0.15, 0.2) is 11.0 Å². The van der Waals surface area contributed by atoms with Gasteiger partial charge in [-0.1, -0.05) is 54.2 Å². The predicted molar refractivity (Wildman–Crippen MR) is 133 cm³/mol. The second-order valence-corrected chi connectivity index (χ2v) is 7.97. The lowest BCUT2D eigenvalue weighted by Crippen LogP contribution is -2.20. The molecule has 0 saturated heterocycles. The van der Waals surface area contributed by atoms with Gasteiger partial charge in [-0.25, -0.2) is 5.43 Å². The van der Waals surface area contributed by atoms with Gasteiger partial charge in [0, 0.05) is 16.8 Å². The summed E-state index contributed by atoms with van der Waals surface area (Å²) in [6.07, 6.45) is 1.55. The molecule has 0 bridgehead atoms. The summed E-state index contributed by atoms with van der Waals surface area (Å²) >= 11 is 1.28. The van der Waals surface area contributed by atoms with E-state index in [1.807, 2.05) is 83.4 Å². The Labute approximate surface area is 201 Å². The van der Waals surface area contributed by atoms with Crippen molar-refractivity contribution < 1.29 is 14.3 Å². The molecule has 0 spiro atoms. The van der Waals surface area contributed by atoms with Gasteiger partial charge in [-0.2, -0.15) is 5.10 Å². The van der Waals surface area contributed by atoms with Gasteiger partial charge in [0.25, 0.3) is 5.91 Å². The van der Waals surface area contributed by atoms with Crippen molar-refractivity contribution in [2.24, 2.45) is 5.10 Å². The van der Waals surface area contributed by atoms with Gasteiger partial charge in [-0.15, -0.1) is 10.2 Å².